The van der Waals surface area contributed by atoms with Gasteiger partial charge in [-0.25, -0.2) is 0 Å². The van der Waals surface area contributed by atoms with E-state index in [-0.39, 0.29) is 47.9 Å². The van der Waals surface area contributed by atoms with Gasteiger partial charge in [-0.2, -0.15) is 0 Å². The predicted molar refractivity (Wildman–Crippen MR) is 276 cm³/mol. The lowest BCUT2D eigenvalue weighted by atomic mass is 9.97. The van der Waals surface area contributed by atoms with Crippen LogP contribution in [0.4, 0.5) is 0 Å². The van der Waals surface area contributed by atoms with Crippen LogP contribution in [0.15, 0.2) is 12.4 Å². The zero-order chi connectivity index (χ0) is 55.8. The Morgan fingerprint density at radius 1 is 0.442 bits per heavy atom. The minimum absolute atomic E-state index is 0. The molecule has 0 aromatic carbocycles. The van der Waals surface area contributed by atoms with E-state index in [1.165, 1.54) is 14.2 Å². The molecule has 2 aromatic rings. The molecule has 0 radical (unpaired) electrons. The first-order valence-electron chi connectivity index (χ1n) is 26.5. The van der Waals surface area contributed by atoms with E-state index in [2.05, 4.69) is 20.6 Å². The second kappa shape index (κ2) is 38.2. The Kier molecular flexibility index (Phi) is 35.9. The van der Waals surface area contributed by atoms with Gasteiger partial charge in [0.15, 0.2) is 25.2 Å². The van der Waals surface area contributed by atoms with Crippen molar-refractivity contribution in [3.63, 3.8) is 0 Å². The number of aliphatic hydroxyl groups excluding tert-OH is 9. The topological polar surface area (TPSA) is 354 Å². The second-order valence-electron chi connectivity index (χ2n) is 17.2. The van der Waals surface area contributed by atoms with Crippen LogP contribution in [0.3, 0.4) is 0 Å². The van der Waals surface area contributed by atoms with E-state index in [9.17, 15) is 46.0 Å². The molecule has 0 amide bonds. The number of methoxy groups -OCH3 is 2. The van der Waals surface area contributed by atoms with E-state index < -0.39 is 136 Å². The summed E-state index contributed by atoms with van der Waals surface area (Å²) < 4.78 is 73.4. The highest BCUT2D eigenvalue weighted by Crippen LogP contribution is 2.32. The number of aromatic nitrogens is 6. The fourth-order valence-corrected chi connectivity index (χ4v) is 8.49. The molecule has 27 heteroatoms. The zero-order valence-electron chi connectivity index (χ0n) is 45.5. The number of nitrogens with zero attached hydrogens (tertiary/aromatic N) is 6. The van der Waals surface area contributed by atoms with Crippen LogP contribution >= 0.6 is 0 Å². The third kappa shape index (κ3) is 20.1. The molecule has 0 saturated carbocycles. The van der Waals surface area contributed by atoms with Gasteiger partial charge in [-0.3, -0.25) is 9.36 Å². The molecule has 9 N–H and O–H groups in total. The summed E-state index contributed by atoms with van der Waals surface area (Å²) in [7, 11) is 2.65. The molecule has 6 heterocycles. The molecule has 0 unspecified atom stereocenters. The van der Waals surface area contributed by atoms with Crippen LogP contribution in [0.25, 0.3) is 0 Å². The fraction of sp³-hybridized carbons (Fsp3) is 0.920. The molecular formula is C50H98N6O21. The average molecular weight is 1120 g/mol. The van der Waals surface area contributed by atoms with Crippen molar-refractivity contribution >= 4 is 0 Å². The highest BCUT2D eigenvalue weighted by atomic mass is 16.8. The highest BCUT2D eigenvalue weighted by molar-refractivity contribution is 4.97. The summed E-state index contributed by atoms with van der Waals surface area (Å²) in [6.45, 7) is 17.6. The minimum Gasteiger partial charge on any atom is -0.387 e. The summed E-state index contributed by atoms with van der Waals surface area (Å²) in [4.78, 5) is 0. The molecule has 4 aliphatic rings. The van der Waals surface area contributed by atoms with E-state index in [1.807, 2.05) is 55.4 Å². The second-order valence-corrected chi connectivity index (χ2v) is 17.2. The maximum Gasteiger partial charge on any atom is 0.186 e. The van der Waals surface area contributed by atoms with Gasteiger partial charge in [0.2, 0.25) is 0 Å². The quantitative estimate of drug-likeness (QED) is 0.0536. The molecule has 6 rings (SSSR count). The number of hydrogen-bond donors (Lipinski definition) is 9. The van der Waals surface area contributed by atoms with Crippen molar-refractivity contribution in [2.45, 2.75) is 239 Å². The summed E-state index contributed by atoms with van der Waals surface area (Å²) in [5, 5.41) is 115. The SMILES string of the molecule is C.C.CC.CC.CC.CCO[C@H]1[C@H](O)[C@@H](O)[C@@H](OC)O[C@@H]1CO[C@H]1O[C@H](CO[C@H]2O[C@H](CO[C@H]3O[C@H](COC)[C@@H](O)[C@H](O)[C@H]3O)[C@@H](OCCCc3cn(CC)nn3)[C@H](O)[C@H]2O)[C@@H](OCCCc2cn(CC)nn2)[C@H](O)[C@H]1O. The first kappa shape index (κ1) is 72.5. The van der Waals surface area contributed by atoms with Crippen LogP contribution in [0.1, 0.15) is 101 Å². The van der Waals surface area contributed by atoms with E-state index in [4.69, 9.17) is 56.8 Å². The first-order valence-corrected chi connectivity index (χ1v) is 26.5. The van der Waals surface area contributed by atoms with E-state index in [1.54, 1.807) is 28.7 Å². The molecule has 2 aromatic heterocycles. The summed E-state index contributed by atoms with van der Waals surface area (Å²) >= 11 is 0. The maximum atomic E-state index is 11.6. The summed E-state index contributed by atoms with van der Waals surface area (Å²) in [5.41, 5.74) is 1.44. The van der Waals surface area contributed by atoms with Crippen LogP contribution in [0.5, 0.6) is 0 Å². The molecule has 4 saturated heterocycles. The van der Waals surface area contributed by atoms with Crippen molar-refractivity contribution in [3.8, 4) is 0 Å². The Balaban J connectivity index is 0.00000358. The lowest BCUT2D eigenvalue weighted by Gasteiger charge is -2.46. The zero-order valence-corrected chi connectivity index (χ0v) is 45.5. The van der Waals surface area contributed by atoms with Gasteiger partial charge < -0.3 is 103 Å². The number of aryl methyl sites for hydroxylation is 4. The normalized spacial score (nSPS) is 34.9. The van der Waals surface area contributed by atoms with Crippen LogP contribution in [0, 0.1) is 0 Å². The standard InChI is InChI=1S/C42H72N6O21.3C2H6.2CH4/c1-6-47-15-21(43-45-47)11-9-13-61-37-25(19-63-40-32(54)28(50)27(49)23(66-40)17-58-4)68-42(35(57)31(37)53)65-20-26-38(62-14-10-12-22-16-48(7-2)46-44-22)30(52)34(56)41(69-26)64-18-24-36(60-8-3)29(51)33(55)39(59-5)67-24;3*1-2;;/h15-16,23-42,49-57H,6-14,17-20H2,1-5H3;3*1-2H3;2*1H4/t23-,24-,25-,26-,27-,28+,29-,30-,31-,32-,33-,34-,35-,36-,37-,38-,39+,40+,41+,42+;;;;;/m1...../s1. The molecule has 0 bridgehead atoms. The molecule has 4 fully saturated rings. The van der Waals surface area contributed by atoms with E-state index in [0.717, 1.165) is 11.4 Å². The van der Waals surface area contributed by atoms with Crippen LogP contribution in [-0.4, -0.2) is 259 Å². The Hall–Kier alpha value is -2.56. The molecule has 20 atom stereocenters. The average Bonchev–Trinajstić information content (AvgIpc) is 4.11. The van der Waals surface area contributed by atoms with Crippen molar-refractivity contribution < 1.29 is 103 Å². The van der Waals surface area contributed by atoms with Gasteiger partial charge in [0.1, 0.15) is 97.7 Å². The largest absolute Gasteiger partial charge is 0.387 e. The number of rotatable bonds is 26. The van der Waals surface area contributed by atoms with Crippen LogP contribution < -0.4 is 0 Å². The Bertz CT molecular complexity index is 1780. The van der Waals surface area contributed by atoms with E-state index in [0.29, 0.717) is 38.8 Å². The number of ether oxygens (including phenoxy) is 12. The minimum atomic E-state index is -1.74. The Labute approximate surface area is 454 Å². The van der Waals surface area contributed by atoms with Crippen molar-refractivity contribution in [1.82, 2.24) is 30.0 Å². The molecule has 77 heavy (non-hydrogen) atoms. The van der Waals surface area contributed by atoms with Gasteiger partial charge in [0.05, 0.1) is 37.8 Å². The highest BCUT2D eigenvalue weighted by Gasteiger charge is 2.52. The number of aliphatic hydroxyl groups is 9. The molecule has 0 aliphatic carbocycles. The van der Waals surface area contributed by atoms with Gasteiger partial charge >= 0.3 is 0 Å². The first-order chi connectivity index (χ1) is 36.2. The van der Waals surface area contributed by atoms with E-state index >= 15 is 0 Å². The summed E-state index contributed by atoms with van der Waals surface area (Å²) in [5.74, 6) is 0. The van der Waals surface area contributed by atoms with Gasteiger partial charge in [-0.05, 0) is 46.5 Å². The van der Waals surface area contributed by atoms with Gasteiger partial charge in [-0.15, -0.1) is 10.2 Å². The Morgan fingerprint density at radius 3 is 1.14 bits per heavy atom. The summed E-state index contributed by atoms with van der Waals surface area (Å²) in [6, 6.07) is 0. The molecule has 0 spiro atoms. The molecular weight excluding hydrogens is 1020 g/mol. The van der Waals surface area contributed by atoms with Crippen LogP contribution in [-0.2, 0) is 82.8 Å². The van der Waals surface area contributed by atoms with Crippen molar-refractivity contribution in [1.29, 1.82) is 0 Å². The summed E-state index contributed by atoms with van der Waals surface area (Å²) in [6.07, 6.45) is -23.1. The Morgan fingerprint density at radius 2 is 0.792 bits per heavy atom. The van der Waals surface area contributed by atoms with Gasteiger partial charge in [-0.1, -0.05) is 66.8 Å². The molecule has 4 aliphatic heterocycles. The third-order valence-corrected chi connectivity index (χ3v) is 12.4. The lowest BCUT2D eigenvalue weighted by Crippen LogP contribution is -2.64. The van der Waals surface area contributed by atoms with Gasteiger partial charge in [0, 0.05) is 59.5 Å². The third-order valence-electron chi connectivity index (χ3n) is 12.4. The van der Waals surface area contributed by atoms with Crippen molar-refractivity contribution in [3.05, 3.63) is 23.8 Å². The van der Waals surface area contributed by atoms with Crippen LogP contribution in [0.2, 0.25) is 0 Å². The smallest absolute Gasteiger partial charge is 0.186 e. The predicted octanol–water partition coefficient (Wildman–Crippen LogP) is -0.509. The fourth-order valence-electron chi connectivity index (χ4n) is 8.49. The molecule has 454 valence electrons. The van der Waals surface area contributed by atoms with Crippen molar-refractivity contribution in [2.24, 2.45) is 0 Å². The molecule has 27 nitrogen and oxygen atoms in total. The van der Waals surface area contributed by atoms with Crippen molar-refractivity contribution in [2.75, 3.05) is 60.5 Å². The van der Waals surface area contributed by atoms with Gasteiger partial charge in [0.25, 0.3) is 0 Å². The maximum absolute atomic E-state index is 11.6. The monoisotopic (exact) mass is 1120 g/mol. The lowest BCUT2D eigenvalue weighted by molar-refractivity contribution is -0.351. The number of hydrogen-bond acceptors (Lipinski definition) is 25.